The van der Waals surface area contributed by atoms with Gasteiger partial charge in [-0.2, -0.15) is 0 Å². The molecule has 0 amide bonds. The summed E-state index contributed by atoms with van der Waals surface area (Å²) in [6.45, 7) is 4.45. The average molecular weight is 212 g/mol. The fraction of sp³-hybridized carbons (Fsp3) is 1.00. The highest BCUT2D eigenvalue weighted by atomic mass is 15.1. The van der Waals surface area contributed by atoms with Gasteiger partial charge in [-0.05, 0) is 58.2 Å². The maximum atomic E-state index is 5.55. The molecule has 2 heteroatoms. The van der Waals surface area contributed by atoms with E-state index in [1.54, 1.807) is 0 Å². The van der Waals surface area contributed by atoms with Gasteiger partial charge < -0.3 is 10.6 Å². The van der Waals surface area contributed by atoms with E-state index in [0.29, 0.717) is 0 Å². The molecule has 0 bridgehead atoms. The van der Waals surface area contributed by atoms with Gasteiger partial charge in [-0.25, -0.2) is 0 Å². The zero-order valence-electron chi connectivity index (χ0n) is 10.5. The van der Waals surface area contributed by atoms with E-state index < -0.39 is 0 Å². The van der Waals surface area contributed by atoms with Gasteiger partial charge in [0.2, 0.25) is 0 Å². The van der Waals surface area contributed by atoms with Crippen LogP contribution in [0.25, 0.3) is 0 Å². The Kier molecular flexibility index (Phi) is 6.26. The SMILES string of the molecule is CC(CCN)CCCN(C)C1CCCC1. The molecule has 90 valence electrons. The molecule has 2 N–H and O–H groups in total. The molecule has 1 unspecified atom stereocenters. The first-order valence-electron chi connectivity index (χ1n) is 6.64. The van der Waals surface area contributed by atoms with Crippen LogP contribution < -0.4 is 5.73 Å². The second-order valence-corrected chi connectivity index (χ2v) is 5.24. The molecule has 0 spiro atoms. The first kappa shape index (κ1) is 13.0. The normalized spacial score (nSPS) is 20.0. The van der Waals surface area contributed by atoms with Crippen molar-refractivity contribution in [2.24, 2.45) is 11.7 Å². The highest BCUT2D eigenvalue weighted by Crippen LogP contribution is 2.22. The van der Waals surface area contributed by atoms with E-state index in [0.717, 1.165) is 18.5 Å². The molecule has 0 aromatic rings. The Balaban J connectivity index is 2.03. The number of hydrogen-bond donors (Lipinski definition) is 1. The lowest BCUT2D eigenvalue weighted by molar-refractivity contribution is 0.235. The summed E-state index contributed by atoms with van der Waals surface area (Å²) in [4.78, 5) is 2.57. The van der Waals surface area contributed by atoms with E-state index in [9.17, 15) is 0 Å². The Hall–Kier alpha value is -0.0800. The van der Waals surface area contributed by atoms with E-state index in [4.69, 9.17) is 5.73 Å². The van der Waals surface area contributed by atoms with Crippen molar-refractivity contribution < 1.29 is 0 Å². The van der Waals surface area contributed by atoms with E-state index in [1.807, 2.05) is 0 Å². The maximum absolute atomic E-state index is 5.55. The summed E-state index contributed by atoms with van der Waals surface area (Å²) in [5, 5.41) is 0. The average Bonchev–Trinajstić information content (AvgIpc) is 2.70. The van der Waals surface area contributed by atoms with Gasteiger partial charge in [0.25, 0.3) is 0 Å². The molecule has 1 saturated carbocycles. The molecule has 1 atom stereocenters. The van der Waals surface area contributed by atoms with Gasteiger partial charge in [0, 0.05) is 6.04 Å². The molecule has 2 nitrogen and oxygen atoms in total. The molecule has 0 saturated heterocycles. The first-order valence-corrected chi connectivity index (χ1v) is 6.64. The largest absolute Gasteiger partial charge is 0.330 e. The van der Waals surface area contributed by atoms with Crippen molar-refractivity contribution in [1.82, 2.24) is 4.90 Å². The van der Waals surface area contributed by atoms with Gasteiger partial charge in [0.15, 0.2) is 0 Å². The molecule has 1 aliphatic rings. The number of rotatable bonds is 7. The van der Waals surface area contributed by atoms with E-state index >= 15 is 0 Å². The standard InChI is InChI=1S/C13H28N2/c1-12(9-10-14)6-5-11-15(2)13-7-3-4-8-13/h12-13H,3-11,14H2,1-2H3. The van der Waals surface area contributed by atoms with Crippen molar-refractivity contribution >= 4 is 0 Å². The summed E-state index contributed by atoms with van der Waals surface area (Å²) in [6.07, 6.45) is 9.61. The monoisotopic (exact) mass is 212 g/mol. The van der Waals surface area contributed by atoms with Crippen LogP contribution in [0.15, 0.2) is 0 Å². The third kappa shape index (κ3) is 4.98. The summed E-state index contributed by atoms with van der Waals surface area (Å²) >= 11 is 0. The van der Waals surface area contributed by atoms with Crippen LogP contribution >= 0.6 is 0 Å². The zero-order valence-corrected chi connectivity index (χ0v) is 10.5. The first-order chi connectivity index (χ1) is 7.24. The van der Waals surface area contributed by atoms with Gasteiger partial charge >= 0.3 is 0 Å². The smallest absolute Gasteiger partial charge is 0.00922 e. The lowest BCUT2D eigenvalue weighted by Gasteiger charge is -2.24. The molecule has 15 heavy (non-hydrogen) atoms. The van der Waals surface area contributed by atoms with Gasteiger partial charge in [0.05, 0.1) is 0 Å². The minimum absolute atomic E-state index is 0.812. The van der Waals surface area contributed by atoms with Crippen LogP contribution in [0.2, 0.25) is 0 Å². The van der Waals surface area contributed by atoms with Crippen molar-refractivity contribution in [2.45, 2.75) is 57.9 Å². The van der Waals surface area contributed by atoms with Crippen molar-refractivity contribution in [1.29, 1.82) is 0 Å². The third-order valence-corrected chi connectivity index (χ3v) is 3.82. The fourth-order valence-corrected chi connectivity index (χ4v) is 2.65. The molecule has 0 aliphatic heterocycles. The number of hydrogen-bond acceptors (Lipinski definition) is 2. The second kappa shape index (κ2) is 7.24. The predicted octanol–water partition coefficient (Wildman–Crippen LogP) is 2.63. The third-order valence-electron chi connectivity index (χ3n) is 3.82. The van der Waals surface area contributed by atoms with Gasteiger partial charge in [-0.3, -0.25) is 0 Å². The van der Waals surface area contributed by atoms with Crippen molar-refractivity contribution in [3.05, 3.63) is 0 Å². The molecule has 1 aliphatic carbocycles. The minimum Gasteiger partial charge on any atom is -0.330 e. The molecule has 0 heterocycles. The molecular weight excluding hydrogens is 184 g/mol. The van der Waals surface area contributed by atoms with Gasteiger partial charge in [-0.15, -0.1) is 0 Å². The summed E-state index contributed by atoms with van der Waals surface area (Å²) in [7, 11) is 2.30. The Morgan fingerprint density at radius 2 is 1.93 bits per heavy atom. The van der Waals surface area contributed by atoms with Crippen LogP contribution in [-0.2, 0) is 0 Å². The lowest BCUT2D eigenvalue weighted by atomic mass is 10.0. The highest BCUT2D eigenvalue weighted by Gasteiger charge is 2.18. The maximum Gasteiger partial charge on any atom is 0.00922 e. The van der Waals surface area contributed by atoms with Crippen molar-refractivity contribution in [3.8, 4) is 0 Å². The Labute approximate surface area is 95.2 Å². The van der Waals surface area contributed by atoms with Crippen LogP contribution in [0.5, 0.6) is 0 Å². The molecular formula is C13H28N2. The second-order valence-electron chi connectivity index (χ2n) is 5.24. The summed E-state index contributed by atoms with van der Waals surface area (Å²) in [5.41, 5.74) is 5.55. The Bertz CT molecular complexity index is 153. The minimum atomic E-state index is 0.812. The van der Waals surface area contributed by atoms with Crippen molar-refractivity contribution in [3.63, 3.8) is 0 Å². The van der Waals surface area contributed by atoms with E-state index in [1.165, 1.54) is 51.5 Å². The summed E-state index contributed by atoms with van der Waals surface area (Å²) in [6, 6.07) is 0.884. The van der Waals surface area contributed by atoms with Crippen LogP contribution in [-0.4, -0.2) is 31.1 Å². The highest BCUT2D eigenvalue weighted by molar-refractivity contribution is 4.75. The fourth-order valence-electron chi connectivity index (χ4n) is 2.65. The summed E-state index contributed by atoms with van der Waals surface area (Å²) in [5.74, 6) is 0.812. The number of nitrogens with two attached hydrogens (primary N) is 1. The molecule has 0 radical (unpaired) electrons. The zero-order chi connectivity index (χ0) is 11.1. The van der Waals surface area contributed by atoms with Crippen LogP contribution in [0.3, 0.4) is 0 Å². The van der Waals surface area contributed by atoms with Crippen molar-refractivity contribution in [2.75, 3.05) is 20.1 Å². The van der Waals surface area contributed by atoms with Crippen LogP contribution in [0.4, 0.5) is 0 Å². The summed E-state index contributed by atoms with van der Waals surface area (Å²) < 4.78 is 0. The van der Waals surface area contributed by atoms with E-state index in [2.05, 4.69) is 18.9 Å². The quantitative estimate of drug-likeness (QED) is 0.703. The lowest BCUT2D eigenvalue weighted by Crippen LogP contribution is -2.30. The van der Waals surface area contributed by atoms with E-state index in [-0.39, 0.29) is 0 Å². The molecule has 0 aromatic heterocycles. The topological polar surface area (TPSA) is 29.3 Å². The number of nitrogens with zero attached hydrogens (tertiary/aromatic N) is 1. The Morgan fingerprint density at radius 1 is 1.27 bits per heavy atom. The molecule has 1 fully saturated rings. The molecule has 1 rings (SSSR count). The predicted molar refractivity (Wildman–Crippen MR) is 67.0 cm³/mol. The Morgan fingerprint density at radius 3 is 2.53 bits per heavy atom. The van der Waals surface area contributed by atoms with Gasteiger partial charge in [0.1, 0.15) is 0 Å². The van der Waals surface area contributed by atoms with Gasteiger partial charge in [-0.1, -0.05) is 19.8 Å². The molecule has 0 aromatic carbocycles. The van der Waals surface area contributed by atoms with Crippen LogP contribution in [0, 0.1) is 5.92 Å². The van der Waals surface area contributed by atoms with Crippen LogP contribution in [0.1, 0.15) is 51.9 Å².